The summed E-state index contributed by atoms with van der Waals surface area (Å²) in [5.74, 6) is 0.999. The van der Waals surface area contributed by atoms with Gasteiger partial charge in [0.05, 0.1) is 0 Å². The number of quaternary nitrogens is 2. The summed E-state index contributed by atoms with van der Waals surface area (Å²) in [7, 11) is 0. The maximum atomic E-state index is 12.9. The molecule has 1 saturated carbocycles. The van der Waals surface area contributed by atoms with Gasteiger partial charge in [-0.05, 0) is 42.5 Å². The van der Waals surface area contributed by atoms with Crippen LogP contribution in [0.3, 0.4) is 0 Å². The summed E-state index contributed by atoms with van der Waals surface area (Å²) >= 11 is 0. The average Bonchev–Trinajstić information content (AvgIpc) is 2.69. The third-order valence-corrected chi connectivity index (χ3v) is 6.67. The fraction of sp³-hybridized carbons (Fsp3) is 0.636. The first-order valence-electron chi connectivity index (χ1n) is 10.9. The highest BCUT2D eigenvalue weighted by Crippen LogP contribution is 2.29. The second-order valence-electron chi connectivity index (χ2n) is 8.85. The van der Waals surface area contributed by atoms with Crippen molar-refractivity contribution in [2.75, 3.05) is 44.6 Å². The lowest BCUT2D eigenvalue weighted by Crippen LogP contribution is -3.28. The van der Waals surface area contributed by atoms with E-state index in [2.05, 4.69) is 24.5 Å². The predicted molar refractivity (Wildman–Crippen MR) is 110 cm³/mol. The quantitative estimate of drug-likeness (QED) is 0.514. The van der Waals surface area contributed by atoms with Crippen molar-refractivity contribution in [2.45, 2.75) is 39.2 Å². The van der Waals surface area contributed by atoms with Crippen LogP contribution in [0.15, 0.2) is 24.3 Å². The van der Waals surface area contributed by atoms with Gasteiger partial charge in [-0.25, -0.2) is 4.39 Å². The minimum atomic E-state index is -0.316. The summed E-state index contributed by atoms with van der Waals surface area (Å²) in [6, 6.07) is 6.12. The smallest absolute Gasteiger partial charge is 0.279 e. The highest BCUT2D eigenvalue weighted by atomic mass is 19.1. The molecule has 3 rings (SSSR count). The molecule has 1 aromatic carbocycles. The molecule has 1 aliphatic carbocycles. The predicted octanol–water partition coefficient (Wildman–Crippen LogP) is -0.511. The standard InChI is InChI=1S/C22H33FN4O2/c1-16-4-3-5-20(17(16)2)25-22(29)15-27-12-10-26(11-13-27)14-21(28)24-19-8-6-18(23)7-9-19/h6-9,16-17,20H,3-5,10-15H2,1-2H3,(H,24,28)(H,25,29)/p+2/t16-,17-,20+/m1/s1. The zero-order valence-corrected chi connectivity index (χ0v) is 17.6. The zero-order chi connectivity index (χ0) is 20.8. The molecule has 1 aromatic rings. The molecule has 4 N–H and O–H groups in total. The van der Waals surface area contributed by atoms with E-state index in [1.807, 2.05) is 0 Å². The van der Waals surface area contributed by atoms with Crippen molar-refractivity contribution in [3.63, 3.8) is 0 Å². The van der Waals surface area contributed by atoms with Crippen LogP contribution < -0.4 is 20.4 Å². The molecule has 1 aliphatic heterocycles. The Labute approximate surface area is 172 Å². The lowest BCUT2D eigenvalue weighted by atomic mass is 9.78. The lowest BCUT2D eigenvalue weighted by molar-refractivity contribution is -1.00. The van der Waals surface area contributed by atoms with E-state index in [-0.39, 0.29) is 17.6 Å². The number of rotatable bonds is 6. The number of halogens is 1. The summed E-state index contributed by atoms with van der Waals surface area (Å²) in [5, 5.41) is 6.08. The maximum Gasteiger partial charge on any atom is 0.279 e. The number of amides is 2. The highest BCUT2D eigenvalue weighted by molar-refractivity contribution is 5.91. The molecule has 3 atom stereocenters. The Balaban J connectivity index is 1.36. The first kappa shape index (κ1) is 21.7. The molecule has 2 amide bonds. The molecule has 0 unspecified atom stereocenters. The number of carbonyl (C=O) groups is 2. The van der Waals surface area contributed by atoms with Crippen molar-refractivity contribution in [1.82, 2.24) is 5.32 Å². The van der Waals surface area contributed by atoms with Gasteiger partial charge in [-0.1, -0.05) is 26.7 Å². The Morgan fingerprint density at radius 1 is 0.966 bits per heavy atom. The van der Waals surface area contributed by atoms with Crippen LogP contribution in [0.1, 0.15) is 33.1 Å². The van der Waals surface area contributed by atoms with Crippen LogP contribution in [-0.4, -0.2) is 57.1 Å². The van der Waals surface area contributed by atoms with Gasteiger partial charge < -0.3 is 20.4 Å². The van der Waals surface area contributed by atoms with Crippen LogP contribution in [0.2, 0.25) is 0 Å². The monoisotopic (exact) mass is 406 g/mol. The molecule has 1 heterocycles. The van der Waals surface area contributed by atoms with E-state index in [1.54, 1.807) is 12.1 Å². The minimum absolute atomic E-state index is 0.0618. The number of carbonyl (C=O) groups excluding carboxylic acids is 2. The molecular weight excluding hydrogens is 371 g/mol. The number of hydrogen-bond donors (Lipinski definition) is 4. The molecule has 2 fully saturated rings. The Morgan fingerprint density at radius 2 is 1.55 bits per heavy atom. The number of benzene rings is 1. The molecule has 6 nitrogen and oxygen atoms in total. The van der Waals surface area contributed by atoms with Crippen molar-refractivity contribution in [3.05, 3.63) is 30.1 Å². The molecule has 0 spiro atoms. The molecule has 1 saturated heterocycles. The van der Waals surface area contributed by atoms with Crippen molar-refractivity contribution >= 4 is 17.5 Å². The number of hydrogen-bond acceptors (Lipinski definition) is 2. The Hall–Kier alpha value is -1.99. The third-order valence-electron chi connectivity index (χ3n) is 6.67. The van der Waals surface area contributed by atoms with Gasteiger partial charge >= 0.3 is 0 Å². The van der Waals surface area contributed by atoms with E-state index in [0.717, 1.165) is 32.6 Å². The lowest BCUT2D eigenvalue weighted by Gasteiger charge is -2.35. The molecule has 0 aromatic heterocycles. The van der Waals surface area contributed by atoms with E-state index in [4.69, 9.17) is 0 Å². The molecule has 0 bridgehead atoms. The van der Waals surface area contributed by atoms with Gasteiger partial charge in [0, 0.05) is 11.7 Å². The van der Waals surface area contributed by atoms with Crippen LogP contribution >= 0.6 is 0 Å². The SMILES string of the molecule is C[C@@H]1[C@H](C)CCC[C@@H]1NC(=O)C[NH+]1CC[NH+](CC(=O)Nc2ccc(F)cc2)CC1. The third kappa shape index (κ3) is 6.51. The fourth-order valence-corrected chi connectivity index (χ4v) is 4.55. The molecule has 0 radical (unpaired) electrons. The maximum absolute atomic E-state index is 12.9. The second-order valence-corrected chi connectivity index (χ2v) is 8.85. The number of anilines is 1. The van der Waals surface area contributed by atoms with Crippen LogP contribution in [0.25, 0.3) is 0 Å². The van der Waals surface area contributed by atoms with Crippen molar-refractivity contribution in [2.24, 2.45) is 11.8 Å². The normalized spacial score (nSPS) is 29.8. The van der Waals surface area contributed by atoms with Gasteiger partial charge in [-0.3, -0.25) is 9.59 Å². The van der Waals surface area contributed by atoms with Gasteiger partial charge in [0.2, 0.25) is 0 Å². The number of piperazine rings is 1. The summed E-state index contributed by atoms with van der Waals surface area (Å²) in [4.78, 5) is 27.2. The van der Waals surface area contributed by atoms with Gasteiger partial charge in [0.15, 0.2) is 13.1 Å². The Bertz CT molecular complexity index is 689. The van der Waals surface area contributed by atoms with Crippen LogP contribution in [0.4, 0.5) is 10.1 Å². The Morgan fingerprint density at radius 3 is 2.17 bits per heavy atom. The van der Waals surface area contributed by atoms with E-state index in [9.17, 15) is 14.0 Å². The first-order valence-corrected chi connectivity index (χ1v) is 10.9. The second kappa shape index (κ2) is 10.2. The van der Waals surface area contributed by atoms with Crippen LogP contribution in [0, 0.1) is 17.7 Å². The molecular formula is C22H35FN4O2+2. The summed E-state index contributed by atoms with van der Waals surface area (Å²) < 4.78 is 12.9. The topological polar surface area (TPSA) is 67.1 Å². The van der Waals surface area contributed by atoms with Gasteiger partial charge in [0.1, 0.15) is 32.0 Å². The van der Waals surface area contributed by atoms with Gasteiger partial charge in [0.25, 0.3) is 11.8 Å². The molecule has 2 aliphatic rings. The fourth-order valence-electron chi connectivity index (χ4n) is 4.55. The van der Waals surface area contributed by atoms with Crippen LogP contribution in [0.5, 0.6) is 0 Å². The largest absolute Gasteiger partial charge is 0.348 e. The van der Waals surface area contributed by atoms with Gasteiger partial charge in [-0.15, -0.1) is 0 Å². The van der Waals surface area contributed by atoms with E-state index in [0.29, 0.717) is 36.7 Å². The zero-order valence-electron chi connectivity index (χ0n) is 17.6. The summed E-state index contributed by atoms with van der Waals surface area (Å²) in [5.41, 5.74) is 0.614. The van der Waals surface area contributed by atoms with E-state index >= 15 is 0 Å². The van der Waals surface area contributed by atoms with Gasteiger partial charge in [-0.2, -0.15) is 0 Å². The van der Waals surface area contributed by atoms with Crippen molar-refractivity contribution in [3.8, 4) is 0 Å². The highest BCUT2D eigenvalue weighted by Gasteiger charge is 2.30. The summed E-state index contributed by atoms with van der Waals surface area (Å²) in [6.07, 6.45) is 3.55. The van der Waals surface area contributed by atoms with Crippen LogP contribution in [-0.2, 0) is 9.59 Å². The Kier molecular flexibility index (Phi) is 7.61. The number of nitrogens with one attached hydrogen (secondary N) is 4. The van der Waals surface area contributed by atoms with E-state index in [1.165, 1.54) is 34.8 Å². The van der Waals surface area contributed by atoms with Crippen molar-refractivity contribution < 1.29 is 23.8 Å². The van der Waals surface area contributed by atoms with Crippen molar-refractivity contribution in [1.29, 1.82) is 0 Å². The summed E-state index contributed by atoms with van der Waals surface area (Å²) in [6.45, 7) is 8.98. The first-order chi connectivity index (χ1) is 13.9. The average molecular weight is 407 g/mol. The molecule has 160 valence electrons. The van der Waals surface area contributed by atoms with E-state index < -0.39 is 0 Å². The molecule has 29 heavy (non-hydrogen) atoms. The minimum Gasteiger partial charge on any atom is -0.348 e. The molecule has 7 heteroatoms.